The van der Waals surface area contributed by atoms with Crippen molar-refractivity contribution in [2.24, 2.45) is 0 Å². The van der Waals surface area contributed by atoms with E-state index in [0.717, 1.165) is 6.07 Å². The Labute approximate surface area is 117 Å². The highest BCUT2D eigenvalue weighted by atomic mass is 19.4. The van der Waals surface area contributed by atoms with Gasteiger partial charge in [-0.15, -0.1) is 0 Å². The smallest absolute Gasteiger partial charge is 0.419 e. The molecule has 1 fully saturated rings. The van der Waals surface area contributed by atoms with Crippen molar-refractivity contribution in [3.63, 3.8) is 0 Å². The molecule has 0 amide bonds. The van der Waals surface area contributed by atoms with Crippen LogP contribution in [0.3, 0.4) is 0 Å². The minimum absolute atomic E-state index is 0.0858. The van der Waals surface area contributed by atoms with E-state index in [9.17, 15) is 26.3 Å². The Kier molecular flexibility index (Phi) is 4.36. The summed E-state index contributed by atoms with van der Waals surface area (Å²) in [5.74, 6) is -0.567. The summed E-state index contributed by atoms with van der Waals surface area (Å²) in [6.45, 7) is 0.958. The van der Waals surface area contributed by atoms with Gasteiger partial charge in [-0.3, -0.25) is 0 Å². The average molecular weight is 312 g/mol. The van der Waals surface area contributed by atoms with Crippen molar-refractivity contribution in [3.05, 3.63) is 29.3 Å². The van der Waals surface area contributed by atoms with E-state index < -0.39 is 35.3 Å². The second kappa shape index (κ2) is 5.75. The fourth-order valence-corrected chi connectivity index (χ4v) is 2.05. The van der Waals surface area contributed by atoms with Crippen LogP contribution in [0.25, 0.3) is 0 Å². The Hall–Kier alpha value is -1.44. The van der Waals surface area contributed by atoms with Crippen molar-refractivity contribution in [2.75, 3.05) is 13.1 Å². The summed E-state index contributed by atoms with van der Waals surface area (Å²) in [7, 11) is 0. The monoisotopic (exact) mass is 312 g/mol. The van der Waals surface area contributed by atoms with Gasteiger partial charge < -0.3 is 4.74 Å². The van der Waals surface area contributed by atoms with Gasteiger partial charge in [0.05, 0.1) is 11.1 Å². The first-order valence-electron chi connectivity index (χ1n) is 6.26. The molecule has 1 saturated heterocycles. The summed E-state index contributed by atoms with van der Waals surface area (Å²) < 4.78 is 81.5. The van der Waals surface area contributed by atoms with Crippen molar-refractivity contribution in [2.45, 2.75) is 31.3 Å². The van der Waals surface area contributed by atoms with Gasteiger partial charge in [0.1, 0.15) is 11.9 Å². The number of hydrogen-bond donors (Lipinski definition) is 0. The first-order chi connectivity index (χ1) is 9.68. The molecule has 1 heterocycles. The molecule has 1 aromatic carbocycles. The summed E-state index contributed by atoms with van der Waals surface area (Å²) >= 11 is 0. The largest absolute Gasteiger partial charge is 0.490 e. The average Bonchev–Trinajstić information content (AvgIpc) is 2.38. The lowest BCUT2D eigenvalue weighted by molar-refractivity contribution is -0.144. The maximum atomic E-state index is 12.9. The Bertz CT molecular complexity index is 490. The highest BCUT2D eigenvalue weighted by Crippen LogP contribution is 2.40. The number of hydrogen-bond acceptors (Lipinski definition) is 1. The van der Waals surface area contributed by atoms with Crippen LogP contribution in [0.2, 0.25) is 0 Å². The zero-order valence-electron chi connectivity index (χ0n) is 10.8. The van der Waals surface area contributed by atoms with Crippen LogP contribution < -0.4 is 10.1 Å². The summed E-state index contributed by atoms with van der Waals surface area (Å²) in [5, 5.41) is 4.04. The minimum Gasteiger partial charge on any atom is -0.490 e. The van der Waals surface area contributed by atoms with E-state index in [1.807, 2.05) is 0 Å². The van der Waals surface area contributed by atoms with Gasteiger partial charge >= 0.3 is 12.4 Å². The second-order valence-corrected chi connectivity index (χ2v) is 4.69. The number of halogens is 6. The second-order valence-electron chi connectivity index (χ2n) is 4.69. The van der Waals surface area contributed by atoms with Crippen LogP contribution in [-0.2, 0) is 12.4 Å². The molecule has 0 N–H and O–H groups in total. The van der Waals surface area contributed by atoms with Crippen LogP contribution in [-0.4, -0.2) is 19.2 Å². The Morgan fingerprint density at radius 3 is 2.10 bits per heavy atom. The molecule has 1 aliphatic heterocycles. The van der Waals surface area contributed by atoms with Crippen LogP contribution in [0.15, 0.2) is 18.2 Å². The van der Waals surface area contributed by atoms with Gasteiger partial charge in [0, 0.05) is 13.1 Å². The molecule has 1 aromatic rings. The Balaban J connectivity index is 2.31. The van der Waals surface area contributed by atoms with Gasteiger partial charge in [-0.25, -0.2) is 5.32 Å². The number of benzene rings is 1. The van der Waals surface area contributed by atoms with Crippen LogP contribution in [0.4, 0.5) is 26.3 Å². The highest BCUT2D eigenvalue weighted by Gasteiger charge is 2.39. The lowest BCUT2D eigenvalue weighted by Crippen LogP contribution is -2.31. The van der Waals surface area contributed by atoms with Crippen LogP contribution in [0.5, 0.6) is 5.75 Å². The van der Waals surface area contributed by atoms with E-state index in [1.54, 1.807) is 0 Å². The van der Waals surface area contributed by atoms with Crippen LogP contribution >= 0.6 is 0 Å². The summed E-state index contributed by atoms with van der Waals surface area (Å²) in [5.41, 5.74) is -2.75. The molecule has 0 unspecified atom stereocenters. The fourth-order valence-electron chi connectivity index (χ4n) is 2.05. The quantitative estimate of drug-likeness (QED) is 0.760. The molecule has 8 heteroatoms. The molecule has 0 aromatic heterocycles. The fraction of sp³-hybridized carbons (Fsp3) is 0.538. The molecule has 1 aliphatic rings. The number of alkyl halides is 6. The normalized spacial score (nSPS) is 17.8. The van der Waals surface area contributed by atoms with Gasteiger partial charge in [-0.1, -0.05) is 0 Å². The first kappa shape index (κ1) is 15.9. The van der Waals surface area contributed by atoms with E-state index in [4.69, 9.17) is 4.74 Å². The summed E-state index contributed by atoms with van der Waals surface area (Å²) in [4.78, 5) is 0. The maximum Gasteiger partial charge on any atom is 0.419 e. The summed E-state index contributed by atoms with van der Waals surface area (Å²) in [6, 6.07) is 1.41. The highest BCUT2D eigenvalue weighted by molar-refractivity contribution is 5.40. The van der Waals surface area contributed by atoms with Crippen molar-refractivity contribution < 1.29 is 31.1 Å². The lowest BCUT2D eigenvalue weighted by atomic mass is 10.1. The molecule has 0 saturated carbocycles. The first-order valence-corrected chi connectivity index (χ1v) is 6.26. The van der Waals surface area contributed by atoms with Gasteiger partial charge in [0.15, 0.2) is 0 Å². The van der Waals surface area contributed by atoms with Gasteiger partial charge in [0.2, 0.25) is 0 Å². The van der Waals surface area contributed by atoms with Crippen molar-refractivity contribution >= 4 is 0 Å². The zero-order chi connectivity index (χ0) is 15.7. The van der Waals surface area contributed by atoms with Crippen LogP contribution in [0, 0.1) is 0 Å². The summed E-state index contributed by atoms with van der Waals surface area (Å²) in [6.07, 6.45) is -9.28. The van der Waals surface area contributed by atoms with Gasteiger partial charge in [0.25, 0.3) is 0 Å². The predicted octanol–water partition coefficient (Wildman–Crippen LogP) is 3.87. The van der Waals surface area contributed by atoms with Gasteiger partial charge in [-0.05, 0) is 31.0 Å². The third-order valence-electron chi connectivity index (χ3n) is 3.12. The predicted molar refractivity (Wildman–Crippen MR) is 62.0 cm³/mol. The van der Waals surface area contributed by atoms with Crippen LogP contribution in [0.1, 0.15) is 24.0 Å². The van der Waals surface area contributed by atoms with E-state index in [2.05, 4.69) is 5.32 Å². The molecule has 2 nitrogen and oxygen atoms in total. The third kappa shape index (κ3) is 4.03. The van der Waals surface area contributed by atoms with E-state index in [1.165, 1.54) is 0 Å². The number of ether oxygens (including phenoxy) is 1. The molecule has 117 valence electrons. The van der Waals surface area contributed by atoms with Gasteiger partial charge in [-0.2, -0.15) is 26.3 Å². The third-order valence-corrected chi connectivity index (χ3v) is 3.12. The molecule has 0 spiro atoms. The minimum atomic E-state index is -4.91. The zero-order valence-corrected chi connectivity index (χ0v) is 10.8. The maximum absolute atomic E-state index is 12.9. The molecule has 0 aliphatic carbocycles. The SMILES string of the molecule is FC(F)(F)c1ccc(OC2CC[N]CC2)c(C(F)(F)F)c1. The topological polar surface area (TPSA) is 23.3 Å². The molecule has 21 heavy (non-hydrogen) atoms. The molecule has 2 rings (SSSR count). The Morgan fingerprint density at radius 1 is 0.952 bits per heavy atom. The number of nitrogens with zero attached hydrogens (tertiary/aromatic N) is 1. The number of rotatable bonds is 2. The Morgan fingerprint density at radius 2 is 1.57 bits per heavy atom. The van der Waals surface area contributed by atoms with E-state index in [0.29, 0.717) is 32.0 Å². The van der Waals surface area contributed by atoms with E-state index in [-0.39, 0.29) is 6.07 Å². The number of piperidine rings is 1. The van der Waals surface area contributed by atoms with Crippen molar-refractivity contribution in [3.8, 4) is 5.75 Å². The molecule has 1 radical (unpaired) electrons. The lowest BCUT2D eigenvalue weighted by Gasteiger charge is -2.25. The molecular formula is C13H12F6NO. The van der Waals surface area contributed by atoms with E-state index >= 15 is 0 Å². The standard InChI is InChI=1S/C13H12F6NO/c14-12(15,16)8-1-2-11(10(7-8)13(17,18)19)21-9-3-5-20-6-4-9/h1-2,7,9H,3-6H2. The molecular weight excluding hydrogens is 300 g/mol. The van der Waals surface area contributed by atoms with Crippen molar-refractivity contribution in [1.82, 2.24) is 5.32 Å². The van der Waals surface area contributed by atoms with Crippen molar-refractivity contribution in [1.29, 1.82) is 0 Å². The molecule has 0 atom stereocenters. The molecule has 0 bridgehead atoms.